The molecule has 1 unspecified atom stereocenters. The summed E-state index contributed by atoms with van der Waals surface area (Å²) in [7, 11) is 0. The molecule has 0 aliphatic carbocycles. The number of halogens is 3. The maximum Gasteiger partial charge on any atom is 0.415 e. The summed E-state index contributed by atoms with van der Waals surface area (Å²) in [5, 5.41) is 19.7. The lowest BCUT2D eigenvalue weighted by atomic mass is 9.88. The smallest absolute Gasteiger partial charge is 0.382 e. The number of hydrogen-bond acceptors (Lipinski definition) is 3. The van der Waals surface area contributed by atoms with Crippen molar-refractivity contribution in [2.24, 2.45) is 5.41 Å². The van der Waals surface area contributed by atoms with E-state index in [-0.39, 0.29) is 5.41 Å². The first-order chi connectivity index (χ1) is 7.19. The summed E-state index contributed by atoms with van der Waals surface area (Å²) in [6.45, 7) is 3.54. The highest BCUT2D eigenvalue weighted by Gasteiger charge is 2.37. The molecule has 2 N–H and O–H groups in total. The quantitative estimate of drug-likeness (QED) is 0.742. The highest BCUT2D eigenvalue weighted by atomic mass is 19.4. The molecule has 3 nitrogen and oxygen atoms in total. The van der Waals surface area contributed by atoms with Gasteiger partial charge in [-0.25, -0.2) is 0 Å². The number of nitrogens with zero attached hydrogens (tertiary/aromatic N) is 1. The van der Waals surface area contributed by atoms with Crippen LogP contribution in [0.4, 0.5) is 13.2 Å². The summed E-state index contributed by atoms with van der Waals surface area (Å²) in [6.07, 6.45) is -5.93. The maximum absolute atomic E-state index is 11.9. The first-order valence-electron chi connectivity index (χ1n) is 5.01. The predicted molar refractivity (Wildman–Crippen MR) is 53.6 cm³/mol. The second kappa shape index (κ2) is 6.06. The van der Waals surface area contributed by atoms with E-state index < -0.39 is 18.8 Å². The summed E-state index contributed by atoms with van der Waals surface area (Å²) >= 11 is 0. The van der Waals surface area contributed by atoms with Crippen LogP contribution >= 0.6 is 0 Å². The van der Waals surface area contributed by atoms with Crippen LogP contribution in [0, 0.1) is 16.7 Å². The molecular formula is C10H17F3N2O. The molecule has 0 saturated heterocycles. The van der Waals surface area contributed by atoms with E-state index in [9.17, 15) is 13.2 Å². The molecule has 0 rings (SSSR count). The van der Waals surface area contributed by atoms with Crippen LogP contribution in [0.5, 0.6) is 0 Å². The molecular weight excluding hydrogens is 221 g/mol. The molecule has 0 fully saturated rings. The van der Waals surface area contributed by atoms with Gasteiger partial charge in [-0.2, -0.15) is 18.4 Å². The Hall–Kier alpha value is -0.800. The van der Waals surface area contributed by atoms with Gasteiger partial charge in [0.2, 0.25) is 0 Å². The Bertz CT molecular complexity index is 245. The normalized spacial score (nSPS) is 14.6. The Morgan fingerprint density at radius 3 is 2.38 bits per heavy atom. The Morgan fingerprint density at radius 2 is 1.94 bits per heavy atom. The number of nitrogens with one attached hydrogen (secondary N) is 1. The highest BCUT2D eigenvalue weighted by Crippen LogP contribution is 2.22. The average Bonchev–Trinajstić information content (AvgIpc) is 2.13. The summed E-state index contributed by atoms with van der Waals surface area (Å²) in [4.78, 5) is 0. The van der Waals surface area contributed by atoms with E-state index in [2.05, 4.69) is 5.32 Å². The molecule has 0 bridgehead atoms. The van der Waals surface area contributed by atoms with Crippen molar-refractivity contribution in [2.75, 3.05) is 13.1 Å². The van der Waals surface area contributed by atoms with Gasteiger partial charge in [-0.1, -0.05) is 13.8 Å². The van der Waals surface area contributed by atoms with Crippen molar-refractivity contribution < 1.29 is 18.3 Å². The fourth-order valence-electron chi connectivity index (χ4n) is 1.15. The van der Waals surface area contributed by atoms with Gasteiger partial charge in [0, 0.05) is 19.5 Å². The molecule has 0 spiro atoms. The number of aliphatic hydroxyl groups is 1. The van der Waals surface area contributed by atoms with Crippen molar-refractivity contribution in [1.82, 2.24) is 5.32 Å². The van der Waals surface area contributed by atoms with Gasteiger partial charge in [-0.15, -0.1) is 0 Å². The zero-order valence-electron chi connectivity index (χ0n) is 9.43. The van der Waals surface area contributed by atoms with Crippen LogP contribution in [0.25, 0.3) is 0 Å². The van der Waals surface area contributed by atoms with Crippen LogP contribution in [-0.4, -0.2) is 30.5 Å². The number of aliphatic hydroxyl groups excluding tert-OH is 1. The van der Waals surface area contributed by atoms with Crippen LogP contribution in [0.3, 0.4) is 0 Å². The first-order valence-corrected chi connectivity index (χ1v) is 5.01. The van der Waals surface area contributed by atoms with Gasteiger partial charge in [0.05, 0.1) is 6.07 Å². The molecule has 94 valence electrons. The van der Waals surface area contributed by atoms with E-state index in [1.807, 2.05) is 19.9 Å². The number of alkyl halides is 3. The van der Waals surface area contributed by atoms with Crippen molar-refractivity contribution in [3.63, 3.8) is 0 Å². The predicted octanol–water partition coefficient (Wildman–Crippen LogP) is 1.83. The topological polar surface area (TPSA) is 56.0 Å². The Kier molecular flexibility index (Phi) is 5.76. The van der Waals surface area contributed by atoms with Crippen molar-refractivity contribution in [1.29, 1.82) is 5.26 Å². The van der Waals surface area contributed by atoms with Gasteiger partial charge in [0.25, 0.3) is 0 Å². The van der Waals surface area contributed by atoms with E-state index in [0.717, 1.165) is 0 Å². The standard InChI is InChI=1S/C10H17F3N2O/c1-9(2,4-3-5-14)7-15-6-8(16)10(11,12)13/h8,15-16H,3-4,6-7H2,1-2H3. The molecule has 0 radical (unpaired) electrons. The molecule has 0 amide bonds. The largest absolute Gasteiger partial charge is 0.415 e. The second-order valence-electron chi connectivity index (χ2n) is 4.51. The van der Waals surface area contributed by atoms with E-state index >= 15 is 0 Å². The van der Waals surface area contributed by atoms with E-state index in [1.165, 1.54) is 0 Å². The van der Waals surface area contributed by atoms with E-state index in [4.69, 9.17) is 10.4 Å². The molecule has 0 heterocycles. The third-order valence-electron chi connectivity index (χ3n) is 2.23. The molecule has 0 aromatic carbocycles. The molecule has 0 aliphatic rings. The van der Waals surface area contributed by atoms with Crippen LogP contribution in [0.2, 0.25) is 0 Å². The minimum Gasteiger partial charge on any atom is -0.382 e. The van der Waals surface area contributed by atoms with Crippen molar-refractivity contribution in [2.45, 2.75) is 39.0 Å². The van der Waals surface area contributed by atoms with Crippen LogP contribution < -0.4 is 5.32 Å². The highest BCUT2D eigenvalue weighted by molar-refractivity contribution is 4.79. The summed E-state index contributed by atoms with van der Waals surface area (Å²) < 4.78 is 35.8. The summed E-state index contributed by atoms with van der Waals surface area (Å²) in [5.41, 5.74) is -0.249. The lowest BCUT2D eigenvalue weighted by molar-refractivity contribution is -0.202. The minimum atomic E-state index is -4.58. The zero-order chi connectivity index (χ0) is 12.8. The van der Waals surface area contributed by atoms with Crippen molar-refractivity contribution in [3.8, 4) is 6.07 Å². The lowest BCUT2D eigenvalue weighted by Gasteiger charge is -2.25. The summed E-state index contributed by atoms with van der Waals surface area (Å²) in [6, 6.07) is 1.99. The van der Waals surface area contributed by atoms with Crippen molar-refractivity contribution >= 4 is 0 Å². The Balaban J connectivity index is 3.85. The van der Waals surface area contributed by atoms with Gasteiger partial charge in [-0.3, -0.25) is 0 Å². The van der Waals surface area contributed by atoms with Crippen molar-refractivity contribution in [3.05, 3.63) is 0 Å². The van der Waals surface area contributed by atoms with E-state index in [0.29, 0.717) is 19.4 Å². The van der Waals surface area contributed by atoms with Gasteiger partial charge >= 0.3 is 6.18 Å². The fourth-order valence-corrected chi connectivity index (χ4v) is 1.15. The molecule has 0 aromatic heterocycles. The monoisotopic (exact) mass is 238 g/mol. The number of hydrogen-bond donors (Lipinski definition) is 2. The number of rotatable bonds is 6. The molecule has 6 heteroatoms. The Morgan fingerprint density at radius 1 is 1.38 bits per heavy atom. The SMILES string of the molecule is CC(C)(CCC#N)CNCC(O)C(F)(F)F. The van der Waals surface area contributed by atoms with Gasteiger partial charge in [0.15, 0.2) is 6.10 Å². The fraction of sp³-hybridized carbons (Fsp3) is 0.900. The number of nitriles is 1. The molecule has 16 heavy (non-hydrogen) atoms. The Labute approximate surface area is 93.3 Å². The molecule has 0 saturated carbocycles. The van der Waals surface area contributed by atoms with Crippen LogP contribution in [0.1, 0.15) is 26.7 Å². The van der Waals surface area contributed by atoms with Gasteiger partial charge in [0.1, 0.15) is 0 Å². The van der Waals surface area contributed by atoms with E-state index in [1.54, 1.807) is 0 Å². The molecule has 1 atom stereocenters. The van der Waals surface area contributed by atoms with Gasteiger partial charge in [-0.05, 0) is 11.8 Å². The maximum atomic E-state index is 11.9. The molecule has 0 aromatic rings. The average molecular weight is 238 g/mol. The molecule has 0 aliphatic heterocycles. The van der Waals surface area contributed by atoms with Crippen LogP contribution in [0.15, 0.2) is 0 Å². The zero-order valence-corrected chi connectivity index (χ0v) is 9.43. The lowest BCUT2D eigenvalue weighted by Crippen LogP contribution is -2.41. The first kappa shape index (κ1) is 15.2. The third kappa shape index (κ3) is 6.64. The van der Waals surface area contributed by atoms with Crippen LogP contribution in [-0.2, 0) is 0 Å². The minimum absolute atomic E-state index is 0.249. The summed E-state index contributed by atoms with van der Waals surface area (Å²) in [5.74, 6) is 0. The van der Waals surface area contributed by atoms with Gasteiger partial charge < -0.3 is 10.4 Å². The second-order valence-corrected chi connectivity index (χ2v) is 4.51. The third-order valence-corrected chi connectivity index (χ3v) is 2.23.